The third-order valence-electron chi connectivity index (χ3n) is 10.1. The maximum Gasteiger partial charge on any atom is 0.306 e. The Kier molecular flexibility index (Phi) is 42.4. The zero-order valence-corrected chi connectivity index (χ0v) is 36.4. The number of allylic oxidation sites excluding steroid dienone is 6. The van der Waals surface area contributed by atoms with E-state index in [9.17, 15) is 14.4 Å². The van der Waals surface area contributed by atoms with Crippen LogP contribution < -0.4 is 0 Å². The van der Waals surface area contributed by atoms with Gasteiger partial charge >= 0.3 is 17.9 Å². The molecule has 6 nitrogen and oxygen atoms in total. The predicted octanol–water partition coefficient (Wildman–Crippen LogP) is 15.0. The van der Waals surface area contributed by atoms with E-state index in [-0.39, 0.29) is 31.1 Å². The molecule has 6 heteroatoms. The molecule has 0 heterocycles. The number of unbranched alkanes of at least 4 members (excludes halogenated alkanes) is 25. The first-order valence-corrected chi connectivity index (χ1v) is 23.5. The molecule has 0 saturated heterocycles. The summed E-state index contributed by atoms with van der Waals surface area (Å²) < 4.78 is 16.7. The monoisotopic (exact) mass is 773 g/mol. The molecule has 0 amide bonds. The van der Waals surface area contributed by atoms with Crippen LogP contribution in [0.4, 0.5) is 0 Å². The van der Waals surface area contributed by atoms with Gasteiger partial charge in [0.1, 0.15) is 13.2 Å². The minimum absolute atomic E-state index is 0.0791. The molecule has 55 heavy (non-hydrogen) atoms. The molecule has 0 bridgehead atoms. The summed E-state index contributed by atoms with van der Waals surface area (Å²) in [7, 11) is 0. The zero-order valence-electron chi connectivity index (χ0n) is 36.4. The van der Waals surface area contributed by atoms with Crippen LogP contribution in [0.3, 0.4) is 0 Å². The minimum Gasteiger partial charge on any atom is -0.462 e. The summed E-state index contributed by atoms with van der Waals surface area (Å²) in [5, 5.41) is 0. The highest BCUT2D eigenvalue weighted by Gasteiger charge is 2.19. The fourth-order valence-corrected chi connectivity index (χ4v) is 6.52. The number of carbonyl (C=O) groups excluding carboxylic acids is 3. The van der Waals surface area contributed by atoms with Crippen LogP contribution in [0.1, 0.15) is 239 Å². The molecule has 0 N–H and O–H groups in total. The predicted molar refractivity (Wildman–Crippen MR) is 233 cm³/mol. The molecule has 0 aliphatic heterocycles. The number of esters is 3. The van der Waals surface area contributed by atoms with E-state index in [1.54, 1.807) is 0 Å². The molecule has 0 aromatic carbocycles. The maximum absolute atomic E-state index is 12.7. The highest BCUT2D eigenvalue weighted by Crippen LogP contribution is 2.15. The quantitative estimate of drug-likeness (QED) is 0.0266. The van der Waals surface area contributed by atoms with Crippen LogP contribution in [-0.2, 0) is 28.6 Å². The summed E-state index contributed by atoms with van der Waals surface area (Å²) in [5.41, 5.74) is 0. The van der Waals surface area contributed by atoms with Crippen LogP contribution in [0.2, 0.25) is 0 Å². The van der Waals surface area contributed by atoms with Crippen LogP contribution in [0.25, 0.3) is 0 Å². The summed E-state index contributed by atoms with van der Waals surface area (Å²) in [5.74, 6) is -0.899. The number of carbonyl (C=O) groups is 3. The van der Waals surface area contributed by atoms with Gasteiger partial charge in [-0.15, -0.1) is 0 Å². The lowest BCUT2D eigenvalue weighted by Crippen LogP contribution is -2.30. The number of rotatable bonds is 42. The fraction of sp³-hybridized carbons (Fsp3) is 0.816. The lowest BCUT2D eigenvalue weighted by atomic mass is 10.0. The van der Waals surface area contributed by atoms with E-state index in [1.807, 2.05) is 0 Å². The third kappa shape index (κ3) is 42.6. The molecule has 0 fully saturated rings. The Morgan fingerprint density at radius 1 is 0.364 bits per heavy atom. The van der Waals surface area contributed by atoms with E-state index in [2.05, 4.69) is 57.2 Å². The molecule has 0 aromatic rings. The van der Waals surface area contributed by atoms with Gasteiger partial charge in [-0.05, 0) is 64.2 Å². The topological polar surface area (TPSA) is 78.9 Å². The Bertz CT molecular complexity index is 938. The van der Waals surface area contributed by atoms with Crippen molar-refractivity contribution in [3.05, 3.63) is 36.5 Å². The Labute approximate surface area is 340 Å². The van der Waals surface area contributed by atoms with Crippen LogP contribution in [0.15, 0.2) is 36.5 Å². The lowest BCUT2D eigenvalue weighted by molar-refractivity contribution is -0.167. The van der Waals surface area contributed by atoms with Crippen molar-refractivity contribution >= 4 is 17.9 Å². The van der Waals surface area contributed by atoms with E-state index in [1.165, 1.54) is 109 Å². The Balaban J connectivity index is 4.39. The van der Waals surface area contributed by atoms with Gasteiger partial charge in [0.2, 0.25) is 0 Å². The van der Waals surface area contributed by atoms with Crippen molar-refractivity contribution < 1.29 is 28.6 Å². The summed E-state index contributed by atoms with van der Waals surface area (Å²) in [4.78, 5) is 37.7. The highest BCUT2D eigenvalue weighted by molar-refractivity contribution is 5.71. The second-order valence-electron chi connectivity index (χ2n) is 15.7. The molecule has 1 atom stereocenters. The van der Waals surface area contributed by atoms with Crippen LogP contribution in [0, 0.1) is 0 Å². The van der Waals surface area contributed by atoms with Crippen LogP contribution >= 0.6 is 0 Å². The maximum atomic E-state index is 12.7. The molecule has 1 unspecified atom stereocenters. The van der Waals surface area contributed by atoms with Gasteiger partial charge in [-0.3, -0.25) is 14.4 Å². The van der Waals surface area contributed by atoms with Gasteiger partial charge in [0.15, 0.2) is 6.10 Å². The second-order valence-corrected chi connectivity index (χ2v) is 15.7. The van der Waals surface area contributed by atoms with Crippen molar-refractivity contribution in [2.24, 2.45) is 0 Å². The Morgan fingerprint density at radius 2 is 0.709 bits per heavy atom. The molecule has 0 spiro atoms. The standard InChI is InChI=1S/C49H88O6/c1-4-7-10-13-16-19-22-24-27-30-33-36-39-42-48(51)54-45-46(44-53-47(50)41-38-35-32-29-26-21-18-15-12-9-6-3)55-49(52)43-40-37-34-31-28-25-23-20-17-14-11-8-5-2/h10,13,15,18-19,22,46H,4-9,11-12,14,16-17,20-21,23-45H2,1-3H3/b13-10-,18-15-,22-19-. The molecule has 0 aliphatic carbocycles. The first kappa shape index (κ1) is 52.6. The van der Waals surface area contributed by atoms with E-state index < -0.39 is 6.10 Å². The molecular formula is C49H88O6. The van der Waals surface area contributed by atoms with Gasteiger partial charge in [-0.1, -0.05) is 192 Å². The number of ether oxygens (including phenoxy) is 3. The molecule has 0 saturated carbocycles. The average Bonchev–Trinajstić information content (AvgIpc) is 3.18. The first-order chi connectivity index (χ1) is 27.0. The van der Waals surface area contributed by atoms with Crippen molar-refractivity contribution in [1.82, 2.24) is 0 Å². The highest BCUT2D eigenvalue weighted by atomic mass is 16.6. The van der Waals surface area contributed by atoms with Gasteiger partial charge in [0, 0.05) is 19.3 Å². The van der Waals surface area contributed by atoms with Crippen molar-refractivity contribution in [3.8, 4) is 0 Å². The van der Waals surface area contributed by atoms with E-state index >= 15 is 0 Å². The van der Waals surface area contributed by atoms with E-state index in [0.717, 1.165) is 89.9 Å². The Morgan fingerprint density at radius 3 is 1.15 bits per heavy atom. The smallest absolute Gasteiger partial charge is 0.306 e. The largest absolute Gasteiger partial charge is 0.462 e. The minimum atomic E-state index is -0.775. The van der Waals surface area contributed by atoms with Crippen molar-refractivity contribution in [2.75, 3.05) is 13.2 Å². The van der Waals surface area contributed by atoms with E-state index in [4.69, 9.17) is 14.2 Å². The third-order valence-corrected chi connectivity index (χ3v) is 10.1. The normalized spacial score (nSPS) is 12.3. The van der Waals surface area contributed by atoms with Crippen LogP contribution in [0.5, 0.6) is 0 Å². The van der Waals surface area contributed by atoms with Crippen molar-refractivity contribution in [1.29, 1.82) is 0 Å². The summed E-state index contributed by atoms with van der Waals surface area (Å²) >= 11 is 0. The van der Waals surface area contributed by atoms with Gasteiger partial charge < -0.3 is 14.2 Å². The molecule has 0 aromatic heterocycles. The summed E-state index contributed by atoms with van der Waals surface area (Å²) in [6.45, 7) is 6.51. The summed E-state index contributed by atoms with van der Waals surface area (Å²) in [6.07, 6.45) is 49.8. The SMILES string of the molecule is CCC/C=C\C/C=C\CCCCCCCC(=O)OCC(COC(=O)CCCCCCC/C=C\CCCC)OC(=O)CCCCCCCCCCCCCCC. The second kappa shape index (κ2) is 44.3. The van der Waals surface area contributed by atoms with Gasteiger partial charge in [0.05, 0.1) is 0 Å². The fourth-order valence-electron chi connectivity index (χ4n) is 6.52. The van der Waals surface area contributed by atoms with Crippen LogP contribution in [-0.4, -0.2) is 37.2 Å². The first-order valence-electron chi connectivity index (χ1n) is 23.5. The average molecular weight is 773 g/mol. The van der Waals surface area contributed by atoms with E-state index in [0.29, 0.717) is 19.3 Å². The number of hydrogen-bond acceptors (Lipinski definition) is 6. The van der Waals surface area contributed by atoms with Gasteiger partial charge in [-0.25, -0.2) is 0 Å². The zero-order chi connectivity index (χ0) is 40.1. The summed E-state index contributed by atoms with van der Waals surface area (Å²) in [6, 6.07) is 0. The molecule has 320 valence electrons. The van der Waals surface area contributed by atoms with Crippen molar-refractivity contribution in [3.63, 3.8) is 0 Å². The van der Waals surface area contributed by atoms with Gasteiger partial charge in [0.25, 0.3) is 0 Å². The molecule has 0 rings (SSSR count). The molecule has 0 radical (unpaired) electrons. The Hall–Kier alpha value is -2.37. The number of hydrogen-bond donors (Lipinski definition) is 0. The van der Waals surface area contributed by atoms with Crippen molar-refractivity contribution in [2.45, 2.75) is 245 Å². The lowest BCUT2D eigenvalue weighted by Gasteiger charge is -2.18. The van der Waals surface area contributed by atoms with Gasteiger partial charge in [-0.2, -0.15) is 0 Å². The molecule has 0 aliphatic rings. The molecular weight excluding hydrogens is 685 g/mol.